The van der Waals surface area contributed by atoms with E-state index in [1.807, 2.05) is 49.8 Å². The molecule has 1 aliphatic rings. The summed E-state index contributed by atoms with van der Waals surface area (Å²) in [6.07, 6.45) is 10.2. The molecule has 1 aromatic carbocycles. The fourth-order valence-electron chi connectivity index (χ4n) is 4.72. The highest BCUT2D eigenvalue weighted by molar-refractivity contribution is 5.81. The van der Waals surface area contributed by atoms with E-state index in [9.17, 15) is 9.90 Å². The lowest BCUT2D eigenvalue weighted by atomic mass is 9.77. The molecule has 5 nitrogen and oxygen atoms in total. The maximum absolute atomic E-state index is 13.2. The first-order valence-electron chi connectivity index (χ1n) is 10.9. The van der Waals surface area contributed by atoms with Crippen LogP contribution in [0.25, 0.3) is 0 Å². The van der Waals surface area contributed by atoms with Gasteiger partial charge in [-0.25, -0.2) is 13.9 Å². The molecule has 1 heterocycles. The van der Waals surface area contributed by atoms with E-state index in [2.05, 4.69) is 23.0 Å². The maximum Gasteiger partial charge on any atom is 0.343 e. The Bertz CT molecular complexity index is 798. The molecule has 1 aliphatic carbocycles. The van der Waals surface area contributed by atoms with Crippen molar-refractivity contribution in [2.24, 2.45) is 13.0 Å². The molecule has 1 N–H and O–H groups in total. The van der Waals surface area contributed by atoms with E-state index in [-0.39, 0.29) is 36.5 Å². The van der Waals surface area contributed by atoms with Gasteiger partial charge in [0.15, 0.2) is 5.60 Å². The molecule has 1 atom stereocenters. The topological polar surface area (TPSA) is 55.3 Å². The predicted molar refractivity (Wildman–Crippen MR) is 112 cm³/mol. The lowest BCUT2D eigenvalue weighted by molar-refractivity contribution is -0.680. The van der Waals surface area contributed by atoms with E-state index in [1.165, 1.54) is 18.7 Å². The summed E-state index contributed by atoms with van der Waals surface area (Å²) in [6, 6.07) is 9.34. The number of hydrogen-bond acceptors (Lipinski definition) is 3. The highest BCUT2D eigenvalue weighted by Gasteiger charge is 2.46. The molecule has 1 aromatic heterocycles. The number of nitrogens with zero attached hydrogens (tertiary/aromatic N) is 2. The van der Waals surface area contributed by atoms with Crippen LogP contribution in [0.5, 0.6) is 0 Å². The largest absolute Gasteiger partial charge is 1.00 e. The van der Waals surface area contributed by atoms with Crippen LogP contribution < -0.4 is 28.5 Å². The Hall–Kier alpha value is -1.41. The Balaban J connectivity index is 0.00000320. The van der Waals surface area contributed by atoms with Crippen LogP contribution in [0, 0.1) is 5.92 Å². The van der Waals surface area contributed by atoms with Gasteiger partial charge >= 0.3 is 5.97 Å². The molecule has 0 radical (unpaired) electrons. The van der Waals surface area contributed by atoms with Crippen molar-refractivity contribution in [2.75, 3.05) is 6.61 Å². The number of benzene rings is 1. The van der Waals surface area contributed by atoms with Gasteiger partial charge in [0.25, 0.3) is 5.82 Å². The Morgan fingerprint density at radius 2 is 1.83 bits per heavy atom. The monoisotopic (exact) mass is 526 g/mol. The van der Waals surface area contributed by atoms with Gasteiger partial charge in [-0.05, 0) is 18.4 Å². The Morgan fingerprint density at radius 1 is 1.20 bits per heavy atom. The number of rotatable bonds is 7. The standard InChI is InChI=1S/C24H35N2O3.HI/c1-19(2)22-25(3)15-16-26(22)17-18-29-23(27)24(28,21-13-9-6-10-14-21)20-11-7-4-5-8-12-20;/h6,9-10,13-16,19-20,28H,4-5,7-8,11-12,17-18H2,1-3H3;1H/q+1;/p-1. The van der Waals surface area contributed by atoms with Crippen LogP contribution in [0.1, 0.15) is 69.7 Å². The van der Waals surface area contributed by atoms with Crippen molar-refractivity contribution < 1.29 is 43.2 Å². The number of halogens is 1. The number of aromatic nitrogens is 2. The number of carbonyl (C=O) groups is 1. The van der Waals surface area contributed by atoms with Crippen LogP contribution in [-0.2, 0) is 28.7 Å². The van der Waals surface area contributed by atoms with Crippen molar-refractivity contribution in [3.8, 4) is 0 Å². The maximum atomic E-state index is 13.2. The lowest BCUT2D eigenvalue weighted by Gasteiger charge is -2.34. The molecule has 6 heteroatoms. The third-order valence-corrected chi connectivity index (χ3v) is 6.18. The van der Waals surface area contributed by atoms with Gasteiger partial charge in [-0.3, -0.25) is 0 Å². The van der Waals surface area contributed by atoms with E-state index in [4.69, 9.17) is 4.74 Å². The smallest absolute Gasteiger partial charge is 0.343 e. The SMILES string of the molecule is CC(C)c1n(CCOC(=O)C(O)(c2ccccc2)C2CCCCCC2)cc[n+]1C.[I-]. The van der Waals surface area contributed by atoms with Crippen molar-refractivity contribution in [1.29, 1.82) is 0 Å². The molecule has 30 heavy (non-hydrogen) atoms. The summed E-state index contributed by atoms with van der Waals surface area (Å²) in [7, 11) is 2.03. The number of carbonyl (C=O) groups excluding carboxylic acids is 1. The molecule has 166 valence electrons. The Kier molecular flexibility index (Phi) is 9.34. The van der Waals surface area contributed by atoms with Crippen LogP contribution in [0.4, 0.5) is 0 Å². The van der Waals surface area contributed by atoms with Gasteiger partial charge in [0, 0.05) is 5.92 Å². The van der Waals surface area contributed by atoms with Crippen molar-refractivity contribution in [3.63, 3.8) is 0 Å². The predicted octanol–water partition coefficient (Wildman–Crippen LogP) is 0.841. The van der Waals surface area contributed by atoms with Crippen LogP contribution in [0.15, 0.2) is 42.7 Å². The molecule has 2 aromatic rings. The molecule has 1 fully saturated rings. The van der Waals surface area contributed by atoms with Gasteiger partial charge in [-0.2, -0.15) is 0 Å². The van der Waals surface area contributed by atoms with Gasteiger partial charge in [0.2, 0.25) is 0 Å². The first-order valence-corrected chi connectivity index (χ1v) is 10.9. The normalized spacial score (nSPS) is 17.1. The van der Waals surface area contributed by atoms with E-state index >= 15 is 0 Å². The molecular weight excluding hydrogens is 491 g/mol. The third kappa shape index (κ3) is 5.44. The Morgan fingerprint density at radius 3 is 2.43 bits per heavy atom. The van der Waals surface area contributed by atoms with E-state index in [1.54, 1.807) is 0 Å². The number of hydrogen-bond donors (Lipinski definition) is 1. The van der Waals surface area contributed by atoms with Crippen LogP contribution in [0.3, 0.4) is 0 Å². The summed E-state index contributed by atoms with van der Waals surface area (Å²) in [5, 5.41) is 11.7. The minimum Gasteiger partial charge on any atom is -1.00 e. The molecule has 0 amide bonds. The van der Waals surface area contributed by atoms with Gasteiger partial charge in [-0.15, -0.1) is 0 Å². The quantitative estimate of drug-likeness (QED) is 0.252. The first-order chi connectivity index (χ1) is 13.9. The molecule has 0 spiro atoms. The van der Waals surface area contributed by atoms with E-state index in [0.29, 0.717) is 18.0 Å². The summed E-state index contributed by atoms with van der Waals surface area (Å²) in [6.45, 7) is 5.13. The van der Waals surface area contributed by atoms with Gasteiger partial charge in [0.1, 0.15) is 25.5 Å². The summed E-state index contributed by atoms with van der Waals surface area (Å²) in [4.78, 5) is 13.2. The molecule has 3 rings (SSSR count). The van der Waals surface area contributed by atoms with Crippen LogP contribution >= 0.6 is 0 Å². The molecule has 0 saturated heterocycles. The fraction of sp³-hybridized carbons (Fsp3) is 0.583. The number of esters is 1. The zero-order valence-corrected chi connectivity index (χ0v) is 20.5. The number of ether oxygens (including phenoxy) is 1. The Labute approximate surface area is 197 Å². The van der Waals surface area contributed by atoms with E-state index < -0.39 is 11.6 Å². The summed E-state index contributed by atoms with van der Waals surface area (Å²) in [5.74, 6) is 0.940. The van der Waals surface area contributed by atoms with Crippen molar-refractivity contribution >= 4 is 5.97 Å². The minimum atomic E-state index is -1.58. The highest BCUT2D eigenvalue weighted by Crippen LogP contribution is 2.39. The van der Waals surface area contributed by atoms with Crippen molar-refractivity contribution in [3.05, 3.63) is 54.1 Å². The van der Waals surface area contributed by atoms with E-state index in [0.717, 1.165) is 25.7 Å². The van der Waals surface area contributed by atoms with Crippen LogP contribution in [-0.4, -0.2) is 22.2 Å². The molecule has 0 aliphatic heterocycles. The molecular formula is C24H35IN2O3. The number of imidazole rings is 1. The zero-order chi connectivity index (χ0) is 20.9. The molecule has 1 unspecified atom stereocenters. The van der Waals surface area contributed by atoms with Crippen molar-refractivity contribution in [1.82, 2.24) is 4.57 Å². The number of aliphatic hydroxyl groups is 1. The van der Waals surface area contributed by atoms with Gasteiger partial charge in [-0.1, -0.05) is 69.9 Å². The molecule has 0 bridgehead atoms. The second-order valence-corrected chi connectivity index (χ2v) is 8.57. The third-order valence-electron chi connectivity index (χ3n) is 6.18. The minimum absolute atomic E-state index is 0. The first kappa shape index (κ1) is 24.9. The summed E-state index contributed by atoms with van der Waals surface area (Å²) >= 11 is 0. The van der Waals surface area contributed by atoms with Crippen LogP contribution in [0.2, 0.25) is 0 Å². The van der Waals surface area contributed by atoms with Crippen molar-refractivity contribution in [2.45, 2.75) is 70.4 Å². The zero-order valence-electron chi connectivity index (χ0n) is 18.4. The highest BCUT2D eigenvalue weighted by atomic mass is 127. The summed E-state index contributed by atoms with van der Waals surface area (Å²) in [5.41, 5.74) is -0.930. The second kappa shape index (κ2) is 11.3. The second-order valence-electron chi connectivity index (χ2n) is 8.57. The van der Waals surface area contributed by atoms with Gasteiger partial charge in [0.05, 0.1) is 13.0 Å². The number of aryl methyl sites for hydroxylation is 1. The average molecular weight is 526 g/mol. The summed E-state index contributed by atoms with van der Waals surface area (Å²) < 4.78 is 9.90. The van der Waals surface area contributed by atoms with Gasteiger partial charge < -0.3 is 33.8 Å². The average Bonchev–Trinajstić information content (AvgIpc) is 2.91. The fourth-order valence-corrected chi connectivity index (χ4v) is 4.72. The lowest BCUT2D eigenvalue weighted by Crippen LogP contribution is -3.00. The molecule has 1 saturated carbocycles.